The van der Waals surface area contributed by atoms with Gasteiger partial charge in [-0.25, -0.2) is 9.59 Å². The van der Waals surface area contributed by atoms with Crippen LogP contribution in [0.2, 0.25) is 0 Å². The quantitative estimate of drug-likeness (QED) is 0.129. The Morgan fingerprint density at radius 3 is 2.02 bits per heavy atom. The number of imide groups is 1. The number of primary amides is 1. The van der Waals surface area contributed by atoms with Gasteiger partial charge in [0.25, 0.3) is 5.91 Å². The van der Waals surface area contributed by atoms with Gasteiger partial charge in [0.15, 0.2) is 0 Å². The van der Waals surface area contributed by atoms with Crippen LogP contribution in [0.25, 0.3) is 0 Å². The lowest BCUT2D eigenvalue weighted by atomic mass is 9.80. The van der Waals surface area contributed by atoms with Crippen LogP contribution >= 0.6 is 0 Å². The summed E-state index contributed by atoms with van der Waals surface area (Å²) >= 11 is 0. The monoisotopic (exact) mass is 747 g/mol. The number of hydrogen-bond acceptors (Lipinski definition) is 9. The highest BCUT2D eigenvalue weighted by molar-refractivity contribution is 6.38. The summed E-state index contributed by atoms with van der Waals surface area (Å²) in [7, 11) is 0. The molecule has 1 aliphatic carbocycles. The normalized spacial score (nSPS) is 22.2. The molecule has 3 aliphatic rings. The second kappa shape index (κ2) is 17.3. The molecule has 2 aliphatic heterocycles. The third kappa shape index (κ3) is 11.9. The van der Waals surface area contributed by atoms with Crippen molar-refractivity contribution in [2.75, 3.05) is 19.6 Å². The molecular weight excluding hydrogens is 686 g/mol. The minimum atomic E-state index is -1.22. The van der Waals surface area contributed by atoms with Crippen LogP contribution in [-0.4, -0.2) is 107 Å². The van der Waals surface area contributed by atoms with Crippen molar-refractivity contribution < 1.29 is 43.1 Å². The average molecular weight is 748 g/mol. The molecule has 8 amide bonds. The maximum atomic E-state index is 14.4. The molecule has 5 atom stereocenters. The van der Waals surface area contributed by atoms with Crippen molar-refractivity contribution in [1.82, 2.24) is 31.1 Å². The fourth-order valence-electron chi connectivity index (χ4n) is 6.86. The van der Waals surface area contributed by atoms with E-state index in [0.717, 1.165) is 19.3 Å². The van der Waals surface area contributed by atoms with Crippen molar-refractivity contribution >= 4 is 47.4 Å². The van der Waals surface area contributed by atoms with E-state index < -0.39 is 82.1 Å². The van der Waals surface area contributed by atoms with Gasteiger partial charge in [0, 0.05) is 32.4 Å². The SMILES string of the molecule is CCCNC(=O)C(=O)C(CC1CCC1)NC(=O)[C@@H]1C[C@@H](OC(N)=O)CN1C(=O)[C@@H](NC(=O)N[C@H](CN1C(=O)CC(C)(C)CC1=O)C(C)(C)C)C(C)(C)C. The third-order valence-electron chi connectivity index (χ3n) is 10.3. The molecule has 16 nitrogen and oxygen atoms in total. The smallest absolute Gasteiger partial charge is 0.404 e. The molecular formula is C37H61N7O9. The number of carbonyl (C=O) groups excluding carboxylic acids is 8. The Morgan fingerprint density at radius 1 is 0.925 bits per heavy atom. The molecule has 0 radical (unpaired) electrons. The van der Waals surface area contributed by atoms with Gasteiger partial charge in [0.2, 0.25) is 29.4 Å². The number of rotatable bonds is 14. The molecule has 0 spiro atoms. The Balaban J connectivity index is 1.84. The fraction of sp³-hybridized carbons (Fsp3) is 0.784. The number of carbonyl (C=O) groups is 8. The van der Waals surface area contributed by atoms with E-state index in [2.05, 4.69) is 21.3 Å². The van der Waals surface area contributed by atoms with Gasteiger partial charge in [0.1, 0.15) is 18.2 Å². The Labute approximate surface area is 312 Å². The molecule has 0 aromatic carbocycles. The molecule has 0 aromatic heterocycles. The lowest BCUT2D eigenvalue weighted by Gasteiger charge is -2.40. The highest BCUT2D eigenvalue weighted by Crippen LogP contribution is 2.34. The lowest BCUT2D eigenvalue weighted by Crippen LogP contribution is -2.62. The maximum Gasteiger partial charge on any atom is 0.404 e. The summed E-state index contributed by atoms with van der Waals surface area (Å²) < 4.78 is 5.21. The number of hydrogen-bond donors (Lipinski definition) is 5. The van der Waals surface area contributed by atoms with Crippen molar-refractivity contribution in [3.05, 3.63) is 0 Å². The Hall–Kier alpha value is -4.24. The minimum absolute atomic E-state index is 0.0590. The minimum Gasteiger partial charge on any atom is -0.444 e. The number of Topliss-reactive ketones (excluding diaryl/α,β-unsaturated/α-hetero) is 1. The van der Waals surface area contributed by atoms with Gasteiger partial charge in [0.05, 0.1) is 18.6 Å². The number of nitrogens with zero attached hydrogens (tertiary/aromatic N) is 2. The number of urea groups is 1. The standard InChI is InChI=1S/C37H61N7O9/c1-10-14-39-31(49)28(47)23(15-21-12-11-13-21)40-30(48)24-16-22(53-33(38)51)19-43(24)32(50)29(36(5,6)7)42-34(52)41-25(35(2,3)4)20-44-26(45)17-37(8,9)18-27(44)46/h21-25,29H,10-20H2,1-9H3,(H2,38,51)(H,39,49)(H,40,48)(H2,41,42,52)/t22-,23?,24+,25-,29-/m1/s1. The van der Waals surface area contributed by atoms with Crippen LogP contribution in [0.15, 0.2) is 0 Å². The Kier molecular flexibility index (Phi) is 14.1. The van der Waals surface area contributed by atoms with Crippen LogP contribution in [0.4, 0.5) is 9.59 Å². The second-order valence-electron chi connectivity index (χ2n) is 17.8. The first-order chi connectivity index (χ1) is 24.4. The molecule has 0 aromatic rings. The highest BCUT2D eigenvalue weighted by atomic mass is 16.6. The van der Waals surface area contributed by atoms with Crippen LogP contribution in [0, 0.1) is 22.2 Å². The van der Waals surface area contributed by atoms with E-state index >= 15 is 0 Å². The van der Waals surface area contributed by atoms with Gasteiger partial charge in [-0.15, -0.1) is 0 Å². The van der Waals surface area contributed by atoms with Gasteiger partial charge in [-0.05, 0) is 35.0 Å². The van der Waals surface area contributed by atoms with Gasteiger partial charge in [-0.1, -0.05) is 81.6 Å². The molecule has 16 heteroatoms. The number of likely N-dealkylation sites (tertiary alicyclic amines) is 2. The fourth-order valence-corrected chi connectivity index (χ4v) is 6.86. The summed E-state index contributed by atoms with van der Waals surface area (Å²) in [5.41, 5.74) is 3.32. The highest BCUT2D eigenvalue weighted by Gasteiger charge is 2.47. The van der Waals surface area contributed by atoms with E-state index in [0.29, 0.717) is 13.0 Å². The van der Waals surface area contributed by atoms with Crippen LogP contribution in [-0.2, 0) is 33.5 Å². The Morgan fingerprint density at radius 2 is 1.53 bits per heavy atom. The molecule has 298 valence electrons. The second-order valence-corrected chi connectivity index (χ2v) is 17.8. The van der Waals surface area contributed by atoms with E-state index in [1.807, 2.05) is 41.5 Å². The number of ether oxygens (including phenoxy) is 1. The molecule has 2 heterocycles. The van der Waals surface area contributed by atoms with Crippen molar-refractivity contribution in [3.63, 3.8) is 0 Å². The number of piperidine rings is 1. The van der Waals surface area contributed by atoms with Gasteiger partial charge in [-0.3, -0.25) is 33.7 Å². The van der Waals surface area contributed by atoms with E-state index in [1.165, 1.54) is 9.80 Å². The molecule has 3 fully saturated rings. The predicted molar refractivity (Wildman–Crippen MR) is 195 cm³/mol. The summed E-state index contributed by atoms with van der Waals surface area (Å²) in [5.74, 6) is -3.45. The number of amides is 8. The average Bonchev–Trinajstić information content (AvgIpc) is 3.41. The van der Waals surface area contributed by atoms with Crippen LogP contribution < -0.4 is 27.0 Å². The summed E-state index contributed by atoms with van der Waals surface area (Å²) in [6.07, 6.45) is 1.79. The third-order valence-corrected chi connectivity index (χ3v) is 10.3. The van der Waals surface area contributed by atoms with Crippen molar-refractivity contribution in [2.24, 2.45) is 27.9 Å². The number of nitrogens with one attached hydrogen (secondary N) is 4. The van der Waals surface area contributed by atoms with Crippen molar-refractivity contribution in [3.8, 4) is 0 Å². The molecule has 1 unspecified atom stereocenters. The van der Waals surface area contributed by atoms with Gasteiger partial charge in [-0.2, -0.15) is 0 Å². The molecule has 1 saturated carbocycles. The molecule has 0 bridgehead atoms. The summed E-state index contributed by atoms with van der Waals surface area (Å²) in [4.78, 5) is 108. The zero-order valence-electron chi connectivity index (χ0n) is 32.9. The summed E-state index contributed by atoms with van der Waals surface area (Å²) in [6.45, 7) is 16.3. The molecule has 53 heavy (non-hydrogen) atoms. The first-order valence-corrected chi connectivity index (χ1v) is 18.7. The van der Waals surface area contributed by atoms with E-state index in [-0.39, 0.29) is 56.5 Å². The molecule has 6 N–H and O–H groups in total. The van der Waals surface area contributed by atoms with Crippen molar-refractivity contribution in [2.45, 2.75) is 144 Å². The molecule has 2 saturated heterocycles. The predicted octanol–water partition coefficient (Wildman–Crippen LogP) is 2.13. The van der Waals surface area contributed by atoms with E-state index in [9.17, 15) is 38.4 Å². The maximum absolute atomic E-state index is 14.4. The van der Waals surface area contributed by atoms with Gasteiger partial charge >= 0.3 is 12.1 Å². The van der Waals surface area contributed by atoms with Crippen LogP contribution in [0.3, 0.4) is 0 Å². The lowest BCUT2D eigenvalue weighted by molar-refractivity contribution is -0.153. The van der Waals surface area contributed by atoms with Crippen LogP contribution in [0.5, 0.6) is 0 Å². The first kappa shape index (κ1) is 43.2. The Bertz CT molecular complexity index is 1410. The zero-order valence-corrected chi connectivity index (χ0v) is 32.9. The largest absolute Gasteiger partial charge is 0.444 e. The van der Waals surface area contributed by atoms with E-state index in [4.69, 9.17) is 10.5 Å². The first-order valence-electron chi connectivity index (χ1n) is 18.7. The van der Waals surface area contributed by atoms with Gasteiger partial charge < -0.3 is 36.6 Å². The summed E-state index contributed by atoms with van der Waals surface area (Å²) in [6, 6.07) is -4.98. The number of nitrogens with two attached hydrogens (primary N) is 1. The summed E-state index contributed by atoms with van der Waals surface area (Å²) in [5, 5.41) is 10.9. The topological polar surface area (TPSA) is 226 Å². The zero-order chi connectivity index (χ0) is 40.1. The van der Waals surface area contributed by atoms with E-state index in [1.54, 1.807) is 20.8 Å². The number of ketones is 1. The molecule has 3 rings (SSSR count). The van der Waals surface area contributed by atoms with Crippen LogP contribution in [0.1, 0.15) is 114 Å². The van der Waals surface area contributed by atoms with Crippen molar-refractivity contribution in [1.29, 1.82) is 0 Å².